The molecule has 10 aromatic rings. The Bertz CT molecular complexity index is 2890. The third-order valence-electron chi connectivity index (χ3n) is 10.1. The van der Waals surface area contributed by atoms with Crippen molar-refractivity contribution < 1.29 is 0 Å². The summed E-state index contributed by atoms with van der Waals surface area (Å²) in [5.41, 5.74) is 10.7. The first-order valence-electron chi connectivity index (χ1n) is 17.9. The minimum absolute atomic E-state index is 0.625. The van der Waals surface area contributed by atoms with E-state index in [0.717, 1.165) is 39.1 Å². The summed E-state index contributed by atoms with van der Waals surface area (Å²) < 4.78 is 2.38. The van der Waals surface area contributed by atoms with E-state index in [-0.39, 0.29) is 0 Å². The number of fused-ring (bicyclic) bond motifs is 4. The van der Waals surface area contributed by atoms with Crippen LogP contribution in [0.3, 0.4) is 0 Å². The summed E-state index contributed by atoms with van der Waals surface area (Å²) in [5, 5.41) is 4.92. The number of rotatable bonds is 6. The van der Waals surface area contributed by atoms with E-state index >= 15 is 0 Å². The smallest absolute Gasteiger partial charge is 0.164 e. The molecule has 0 aliphatic carbocycles. The van der Waals surface area contributed by atoms with Crippen molar-refractivity contribution in [3.63, 3.8) is 0 Å². The topological polar surface area (TPSA) is 43.6 Å². The van der Waals surface area contributed by atoms with Crippen LogP contribution in [0.2, 0.25) is 0 Å². The van der Waals surface area contributed by atoms with Gasteiger partial charge < -0.3 is 4.57 Å². The number of para-hydroxylation sites is 3. The molecule has 0 N–H and O–H groups in total. The van der Waals surface area contributed by atoms with Crippen molar-refractivity contribution in [1.29, 1.82) is 0 Å². The lowest BCUT2D eigenvalue weighted by atomic mass is 9.97. The molecular weight excluding hydrogens is 645 g/mol. The fourth-order valence-electron chi connectivity index (χ4n) is 7.51. The van der Waals surface area contributed by atoms with Gasteiger partial charge in [0.05, 0.1) is 16.7 Å². The first-order chi connectivity index (χ1) is 26.3. The van der Waals surface area contributed by atoms with Crippen LogP contribution in [0.25, 0.3) is 94.7 Å². The molecule has 0 unspecified atom stereocenters. The maximum Gasteiger partial charge on any atom is 0.164 e. The van der Waals surface area contributed by atoms with Gasteiger partial charge in [-0.15, -0.1) is 0 Å². The maximum absolute atomic E-state index is 5.19. The minimum Gasteiger partial charge on any atom is -0.309 e. The molecule has 0 saturated carbocycles. The number of hydrogen-bond donors (Lipinski definition) is 0. The number of aromatic nitrogens is 4. The lowest BCUT2D eigenvalue weighted by Crippen LogP contribution is -2.02. The van der Waals surface area contributed by atoms with Gasteiger partial charge >= 0.3 is 0 Å². The van der Waals surface area contributed by atoms with Crippen LogP contribution in [0.4, 0.5) is 0 Å². The molecular formula is C49H32N4. The first kappa shape index (κ1) is 30.6. The zero-order valence-corrected chi connectivity index (χ0v) is 28.8. The van der Waals surface area contributed by atoms with Gasteiger partial charge in [-0.25, -0.2) is 15.0 Å². The summed E-state index contributed by atoms with van der Waals surface area (Å²) in [5.74, 6) is 1.89. The molecule has 10 rings (SSSR count). The van der Waals surface area contributed by atoms with Gasteiger partial charge in [-0.2, -0.15) is 0 Å². The van der Waals surface area contributed by atoms with Gasteiger partial charge in [-0.05, 0) is 51.7 Å². The van der Waals surface area contributed by atoms with Gasteiger partial charge in [0.2, 0.25) is 0 Å². The molecule has 53 heavy (non-hydrogen) atoms. The quantitative estimate of drug-likeness (QED) is 0.176. The van der Waals surface area contributed by atoms with Crippen LogP contribution in [0.5, 0.6) is 0 Å². The van der Waals surface area contributed by atoms with Crippen molar-refractivity contribution in [3.8, 4) is 62.1 Å². The fourth-order valence-corrected chi connectivity index (χ4v) is 7.51. The van der Waals surface area contributed by atoms with Gasteiger partial charge in [-0.1, -0.05) is 170 Å². The van der Waals surface area contributed by atoms with Crippen molar-refractivity contribution in [2.45, 2.75) is 0 Å². The predicted molar refractivity (Wildman–Crippen MR) is 219 cm³/mol. The zero-order chi connectivity index (χ0) is 35.1. The lowest BCUT2D eigenvalue weighted by Gasteiger charge is -2.17. The standard InChI is InChI=1S/C49H32N4/c1-2-15-35(16-3-1)47-50-48(36-29-26-34(27-30-36)38-31-28-33-14-4-5-17-37(33)32-38)52-49(51-47)43-22-7-6-18-39(43)40-19-8-11-23-44(40)53-45-24-12-9-20-41(45)42-21-10-13-25-46(42)53/h1-32H. The van der Waals surface area contributed by atoms with E-state index in [1.165, 1.54) is 38.1 Å². The van der Waals surface area contributed by atoms with Gasteiger partial charge in [0.1, 0.15) is 0 Å². The van der Waals surface area contributed by atoms with Crippen LogP contribution >= 0.6 is 0 Å². The van der Waals surface area contributed by atoms with Gasteiger partial charge in [0, 0.05) is 33.0 Å². The Morgan fingerprint density at radius 2 is 0.792 bits per heavy atom. The number of benzene rings is 8. The molecule has 4 heteroatoms. The third kappa shape index (κ3) is 5.45. The highest BCUT2D eigenvalue weighted by atomic mass is 15.0. The molecule has 0 aliphatic heterocycles. The number of nitrogens with zero attached hydrogens (tertiary/aromatic N) is 4. The van der Waals surface area contributed by atoms with Gasteiger partial charge in [0.15, 0.2) is 17.5 Å². The fraction of sp³-hybridized carbons (Fsp3) is 0. The van der Waals surface area contributed by atoms with Gasteiger partial charge in [-0.3, -0.25) is 0 Å². The molecule has 0 saturated heterocycles. The van der Waals surface area contributed by atoms with Crippen molar-refractivity contribution in [3.05, 3.63) is 194 Å². The van der Waals surface area contributed by atoms with E-state index in [9.17, 15) is 0 Å². The molecule has 0 radical (unpaired) electrons. The van der Waals surface area contributed by atoms with E-state index in [0.29, 0.717) is 17.5 Å². The van der Waals surface area contributed by atoms with Crippen LogP contribution in [-0.2, 0) is 0 Å². The second kappa shape index (κ2) is 12.9. The van der Waals surface area contributed by atoms with Crippen LogP contribution in [0.15, 0.2) is 194 Å². The second-order valence-corrected chi connectivity index (χ2v) is 13.2. The molecule has 0 spiro atoms. The summed E-state index contributed by atoms with van der Waals surface area (Å²) in [6.45, 7) is 0. The van der Waals surface area contributed by atoms with E-state index in [2.05, 4.69) is 180 Å². The summed E-state index contributed by atoms with van der Waals surface area (Å²) in [7, 11) is 0. The highest BCUT2D eigenvalue weighted by molar-refractivity contribution is 6.10. The Morgan fingerprint density at radius 1 is 0.302 bits per heavy atom. The molecule has 0 bridgehead atoms. The third-order valence-corrected chi connectivity index (χ3v) is 10.1. The molecule has 2 heterocycles. The van der Waals surface area contributed by atoms with Gasteiger partial charge in [0.25, 0.3) is 0 Å². The van der Waals surface area contributed by atoms with Crippen molar-refractivity contribution in [1.82, 2.24) is 19.5 Å². The number of hydrogen-bond acceptors (Lipinski definition) is 3. The second-order valence-electron chi connectivity index (χ2n) is 13.2. The monoisotopic (exact) mass is 676 g/mol. The predicted octanol–water partition coefficient (Wildman–Crippen LogP) is 12.5. The van der Waals surface area contributed by atoms with E-state index in [1.807, 2.05) is 18.2 Å². The molecule has 8 aromatic carbocycles. The Hall–Kier alpha value is -7.17. The maximum atomic E-state index is 5.19. The normalized spacial score (nSPS) is 11.4. The molecule has 248 valence electrons. The molecule has 2 aromatic heterocycles. The highest BCUT2D eigenvalue weighted by Gasteiger charge is 2.19. The van der Waals surface area contributed by atoms with Crippen molar-refractivity contribution in [2.24, 2.45) is 0 Å². The summed E-state index contributed by atoms with van der Waals surface area (Å²) in [6, 6.07) is 68.1. The Labute approximate surface area is 307 Å². The Balaban J connectivity index is 1.13. The van der Waals surface area contributed by atoms with E-state index in [4.69, 9.17) is 15.0 Å². The largest absolute Gasteiger partial charge is 0.309 e. The van der Waals surface area contributed by atoms with Crippen LogP contribution in [0.1, 0.15) is 0 Å². The Kier molecular flexibility index (Phi) is 7.43. The summed E-state index contributed by atoms with van der Waals surface area (Å²) in [4.78, 5) is 15.4. The molecule has 0 aliphatic rings. The molecule has 0 fully saturated rings. The summed E-state index contributed by atoms with van der Waals surface area (Å²) >= 11 is 0. The highest BCUT2D eigenvalue weighted by Crippen LogP contribution is 2.39. The average Bonchev–Trinajstić information content (AvgIpc) is 3.58. The summed E-state index contributed by atoms with van der Waals surface area (Å²) in [6.07, 6.45) is 0. The van der Waals surface area contributed by atoms with Crippen molar-refractivity contribution >= 4 is 32.6 Å². The SMILES string of the molecule is c1ccc(-c2nc(-c3ccc(-c4ccc5ccccc5c4)cc3)nc(-c3ccccc3-c3ccccc3-n3c4ccccc4c4ccccc43)n2)cc1. The lowest BCUT2D eigenvalue weighted by molar-refractivity contribution is 1.07. The van der Waals surface area contributed by atoms with Crippen LogP contribution in [-0.4, -0.2) is 19.5 Å². The molecule has 0 atom stereocenters. The minimum atomic E-state index is 0.625. The average molecular weight is 677 g/mol. The first-order valence-corrected chi connectivity index (χ1v) is 17.9. The van der Waals surface area contributed by atoms with Crippen LogP contribution in [0, 0.1) is 0 Å². The van der Waals surface area contributed by atoms with E-state index in [1.54, 1.807) is 0 Å². The zero-order valence-electron chi connectivity index (χ0n) is 28.8. The van der Waals surface area contributed by atoms with Crippen LogP contribution < -0.4 is 0 Å². The Morgan fingerprint density at radius 3 is 1.51 bits per heavy atom. The van der Waals surface area contributed by atoms with E-state index < -0.39 is 0 Å². The molecule has 4 nitrogen and oxygen atoms in total. The van der Waals surface area contributed by atoms with Crippen molar-refractivity contribution in [2.75, 3.05) is 0 Å². The molecule has 0 amide bonds.